The first-order valence-corrected chi connectivity index (χ1v) is 5.17. The summed E-state index contributed by atoms with van der Waals surface area (Å²) in [5.74, 6) is -0.135. The van der Waals surface area contributed by atoms with Crippen LogP contribution >= 0.6 is 15.9 Å². The fourth-order valence-electron chi connectivity index (χ4n) is 1.59. The molecule has 15 heavy (non-hydrogen) atoms. The Balaban J connectivity index is 2.89. The first kappa shape index (κ1) is 10.5. The Labute approximate surface area is 95.3 Å². The molecular formula is C10H8BBrO3. The zero-order valence-corrected chi connectivity index (χ0v) is 9.27. The van der Waals surface area contributed by atoms with E-state index in [-0.39, 0.29) is 11.2 Å². The van der Waals surface area contributed by atoms with Crippen molar-refractivity contribution in [2.24, 2.45) is 0 Å². The fourth-order valence-corrected chi connectivity index (χ4v) is 2.05. The van der Waals surface area contributed by atoms with Gasteiger partial charge >= 0.3 is 7.12 Å². The van der Waals surface area contributed by atoms with E-state index in [0.29, 0.717) is 9.86 Å². The molecule has 0 saturated heterocycles. The van der Waals surface area contributed by atoms with Crippen LogP contribution in [-0.2, 0) is 0 Å². The Morgan fingerprint density at radius 3 is 2.47 bits per heavy atom. The van der Waals surface area contributed by atoms with Crippen LogP contribution < -0.4 is 5.46 Å². The summed E-state index contributed by atoms with van der Waals surface area (Å²) < 4.78 is 0.448. The van der Waals surface area contributed by atoms with Gasteiger partial charge in [-0.05, 0) is 32.8 Å². The molecule has 0 aliphatic carbocycles. The smallest absolute Gasteiger partial charge is 0.492 e. The normalized spacial score (nSPS) is 10.6. The van der Waals surface area contributed by atoms with Crippen LogP contribution in [0.25, 0.3) is 10.8 Å². The van der Waals surface area contributed by atoms with Crippen molar-refractivity contribution in [1.82, 2.24) is 0 Å². The van der Waals surface area contributed by atoms with Crippen molar-refractivity contribution in [3.63, 3.8) is 0 Å². The summed E-state index contributed by atoms with van der Waals surface area (Å²) in [7, 11) is -1.69. The van der Waals surface area contributed by atoms with Crippen LogP contribution in [0.4, 0.5) is 0 Å². The molecule has 76 valence electrons. The van der Waals surface area contributed by atoms with Gasteiger partial charge in [-0.3, -0.25) is 0 Å². The van der Waals surface area contributed by atoms with E-state index in [1.807, 2.05) is 12.1 Å². The lowest BCUT2D eigenvalue weighted by atomic mass is 9.76. The predicted molar refractivity (Wildman–Crippen MR) is 63.1 cm³/mol. The number of phenols is 1. The molecule has 0 heterocycles. The molecule has 0 amide bonds. The molecule has 2 aromatic rings. The summed E-state index contributed by atoms with van der Waals surface area (Å²) in [5.41, 5.74) is 0.125. The number of halogens is 1. The molecule has 2 aromatic carbocycles. The largest absolute Gasteiger partial charge is 0.507 e. The second kappa shape index (κ2) is 3.85. The number of fused-ring (bicyclic) bond motifs is 1. The SMILES string of the molecule is OB(O)c1c(O)c(Br)cc2ccccc12. The van der Waals surface area contributed by atoms with E-state index >= 15 is 0 Å². The van der Waals surface area contributed by atoms with Crippen molar-refractivity contribution in [3.05, 3.63) is 34.8 Å². The molecular weight excluding hydrogens is 259 g/mol. The van der Waals surface area contributed by atoms with Crippen LogP contribution in [0.1, 0.15) is 0 Å². The van der Waals surface area contributed by atoms with Gasteiger partial charge < -0.3 is 15.2 Å². The van der Waals surface area contributed by atoms with Gasteiger partial charge in [0, 0.05) is 5.46 Å². The molecule has 0 aliphatic rings. The molecule has 2 rings (SSSR count). The summed E-state index contributed by atoms with van der Waals surface area (Å²) in [5, 5.41) is 29.6. The number of hydrogen-bond donors (Lipinski definition) is 3. The van der Waals surface area contributed by atoms with Gasteiger partial charge in [-0.1, -0.05) is 24.3 Å². The molecule has 0 radical (unpaired) electrons. The van der Waals surface area contributed by atoms with Crippen LogP contribution in [0.15, 0.2) is 34.8 Å². The predicted octanol–water partition coefficient (Wildman–Crippen LogP) is 0.988. The number of hydrogen-bond acceptors (Lipinski definition) is 3. The van der Waals surface area contributed by atoms with Crippen LogP contribution in [0, 0.1) is 0 Å². The van der Waals surface area contributed by atoms with E-state index in [2.05, 4.69) is 15.9 Å². The summed E-state index contributed by atoms with van der Waals surface area (Å²) in [6, 6.07) is 8.93. The highest BCUT2D eigenvalue weighted by molar-refractivity contribution is 9.10. The van der Waals surface area contributed by atoms with Gasteiger partial charge in [-0.25, -0.2) is 0 Å². The third-order valence-electron chi connectivity index (χ3n) is 2.27. The van der Waals surface area contributed by atoms with Crippen molar-refractivity contribution in [2.45, 2.75) is 0 Å². The van der Waals surface area contributed by atoms with E-state index < -0.39 is 7.12 Å². The standard InChI is InChI=1S/C10H8BBrO3/c12-8-5-6-3-1-2-4-7(6)9(10(8)13)11(14)15/h1-5,13-15H. The lowest BCUT2D eigenvalue weighted by molar-refractivity contribution is 0.420. The second-order valence-electron chi connectivity index (χ2n) is 3.22. The molecule has 0 saturated carbocycles. The molecule has 0 spiro atoms. The molecule has 3 N–H and O–H groups in total. The Bertz CT molecular complexity index is 513. The van der Waals surface area contributed by atoms with Crippen LogP contribution in [0.3, 0.4) is 0 Å². The highest BCUT2D eigenvalue weighted by Crippen LogP contribution is 2.27. The Morgan fingerprint density at radius 2 is 1.80 bits per heavy atom. The Kier molecular flexibility index (Phi) is 2.69. The van der Waals surface area contributed by atoms with E-state index in [1.54, 1.807) is 18.2 Å². The maximum absolute atomic E-state index is 9.70. The summed E-state index contributed by atoms with van der Waals surface area (Å²) in [4.78, 5) is 0. The van der Waals surface area contributed by atoms with E-state index in [9.17, 15) is 15.2 Å². The minimum Gasteiger partial charge on any atom is -0.507 e. The van der Waals surface area contributed by atoms with E-state index in [1.165, 1.54) is 0 Å². The van der Waals surface area contributed by atoms with E-state index in [0.717, 1.165) is 5.39 Å². The molecule has 5 heteroatoms. The lowest BCUT2D eigenvalue weighted by Crippen LogP contribution is -2.31. The maximum Gasteiger partial charge on any atom is 0.492 e. The minimum atomic E-state index is -1.69. The Morgan fingerprint density at radius 1 is 1.13 bits per heavy atom. The van der Waals surface area contributed by atoms with Gasteiger partial charge in [0.25, 0.3) is 0 Å². The van der Waals surface area contributed by atoms with Crippen LogP contribution in [0.2, 0.25) is 0 Å². The first-order valence-electron chi connectivity index (χ1n) is 4.37. The molecule has 0 unspecified atom stereocenters. The third kappa shape index (κ3) is 1.74. The fraction of sp³-hybridized carbons (Fsp3) is 0. The highest BCUT2D eigenvalue weighted by Gasteiger charge is 2.21. The van der Waals surface area contributed by atoms with Gasteiger partial charge in [-0.2, -0.15) is 0 Å². The number of phenolic OH excluding ortho intramolecular Hbond substituents is 1. The van der Waals surface area contributed by atoms with Crippen LogP contribution in [0.5, 0.6) is 5.75 Å². The number of benzene rings is 2. The Hall–Kier alpha value is -1.04. The van der Waals surface area contributed by atoms with Crippen molar-refractivity contribution < 1.29 is 15.2 Å². The van der Waals surface area contributed by atoms with E-state index in [4.69, 9.17) is 0 Å². The molecule has 0 aliphatic heterocycles. The van der Waals surface area contributed by atoms with Crippen molar-refractivity contribution in [2.75, 3.05) is 0 Å². The average Bonchev–Trinajstić information content (AvgIpc) is 2.19. The van der Waals surface area contributed by atoms with Crippen LogP contribution in [-0.4, -0.2) is 22.3 Å². The van der Waals surface area contributed by atoms with Gasteiger partial charge in [0.05, 0.1) is 4.47 Å². The molecule has 3 nitrogen and oxygen atoms in total. The minimum absolute atomic E-state index is 0.125. The topological polar surface area (TPSA) is 60.7 Å². The summed E-state index contributed by atoms with van der Waals surface area (Å²) in [6.45, 7) is 0. The highest BCUT2D eigenvalue weighted by atomic mass is 79.9. The van der Waals surface area contributed by atoms with Crippen molar-refractivity contribution in [3.8, 4) is 5.75 Å². The monoisotopic (exact) mass is 266 g/mol. The van der Waals surface area contributed by atoms with Crippen molar-refractivity contribution >= 4 is 39.3 Å². The third-order valence-corrected chi connectivity index (χ3v) is 2.88. The maximum atomic E-state index is 9.70. The zero-order valence-electron chi connectivity index (χ0n) is 7.68. The number of aromatic hydroxyl groups is 1. The van der Waals surface area contributed by atoms with Gasteiger partial charge in [0.2, 0.25) is 0 Å². The average molecular weight is 267 g/mol. The molecule has 0 bridgehead atoms. The van der Waals surface area contributed by atoms with Gasteiger partial charge in [0.15, 0.2) is 0 Å². The molecule has 0 atom stereocenters. The second-order valence-corrected chi connectivity index (χ2v) is 4.07. The van der Waals surface area contributed by atoms with Gasteiger partial charge in [-0.15, -0.1) is 0 Å². The first-order chi connectivity index (χ1) is 7.11. The van der Waals surface area contributed by atoms with Gasteiger partial charge in [0.1, 0.15) is 5.75 Å². The molecule has 0 fully saturated rings. The molecule has 0 aromatic heterocycles. The lowest BCUT2D eigenvalue weighted by Gasteiger charge is -2.09. The van der Waals surface area contributed by atoms with Crippen molar-refractivity contribution in [1.29, 1.82) is 0 Å². The quantitative estimate of drug-likeness (QED) is 0.675. The summed E-state index contributed by atoms with van der Waals surface area (Å²) in [6.07, 6.45) is 0. The zero-order chi connectivity index (χ0) is 11.0. The number of rotatable bonds is 1. The summed E-state index contributed by atoms with van der Waals surface area (Å²) >= 11 is 3.16.